The average molecular weight is 463 g/mol. The Kier molecular flexibility index (Phi) is 8.64. The number of nitrogens with zero attached hydrogens (tertiary/aromatic N) is 1. The minimum absolute atomic E-state index is 0.211. The lowest BCUT2D eigenvalue weighted by Crippen LogP contribution is -2.65. The molecule has 0 aromatic rings. The van der Waals surface area contributed by atoms with Crippen LogP contribution in [0.15, 0.2) is 0 Å². The molecule has 11 atom stereocenters. The highest BCUT2D eigenvalue weighted by Crippen LogP contribution is 2.36. The number of thioether (sulfide) groups is 1. The largest absolute Gasteiger partial charge is 0.390 e. The number of aliphatic hydroxyl groups is 5. The van der Waals surface area contributed by atoms with Gasteiger partial charge in [0.25, 0.3) is 0 Å². The highest BCUT2D eigenvalue weighted by atomic mass is 32.2. The monoisotopic (exact) mass is 462 g/mol. The topological polar surface area (TPSA) is 143 Å². The molecular weight excluding hydrogens is 424 g/mol. The van der Waals surface area contributed by atoms with E-state index in [4.69, 9.17) is 4.74 Å². The van der Waals surface area contributed by atoms with Crippen LogP contribution in [0.2, 0.25) is 0 Å². The van der Waals surface area contributed by atoms with Crippen molar-refractivity contribution < 1.29 is 35.1 Å². The fourth-order valence-electron chi connectivity index (χ4n) is 5.47. The van der Waals surface area contributed by atoms with Gasteiger partial charge in [0.2, 0.25) is 5.91 Å². The Hall–Kier alpha value is -0.460. The van der Waals surface area contributed by atoms with Crippen molar-refractivity contribution in [1.29, 1.82) is 0 Å². The number of carbonyl (C=O) groups excluding carboxylic acids is 1. The van der Waals surface area contributed by atoms with Gasteiger partial charge < -0.3 is 35.6 Å². The van der Waals surface area contributed by atoms with Gasteiger partial charge in [-0.2, -0.15) is 0 Å². The van der Waals surface area contributed by atoms with Gasteiger partial charge in [-0.25, -0.2) is 0 Å². The number of rotatable bonds is 7. The summed E-state index contributed by atoms with van der Waals surface area (Å²) in [6.07, 6.45) is -1.79. The Morgan fingerprint density at radius 1 is 1.13 bits per heavy atom. The molecule has 1 aliphatic carbocycles. The van der Waals surface area contributed by atoms with Gasteiger partial charge in [0, 0.05) is 12.5 Å². The molecule has 1 saturated carbocycles. The molecule has 0 spiro atoms. The van der Waals surface area contributed by atoms with Crippen LogP contribution in [0.1, 0.15) is 39.0 Å². The maximum Gasteiger partial charge on any atom is 0.237 e. The number of ether oxygens (including phenoxy) is 1. The number of nitrogens with one attached hydrogen (secondary N) is 1. The highest BCUT2D eigenvalue weighted by molar-refractivity contribution is 7.99. The molecular formula is C21H38N2O7S. The average Bonchev–Trinajstić information content (AvgIpc) is 3.27. The zero-order chi connectivity index (χ0) is 22.9. The van der Waals surface area contributed by atoms with E-state index in [1.807, 2.05) is 11.9 Å². The molecule has 3 aliphatic rings. The Morgan fingerprint density at radius 3 is 2.42 bits per heavy atom. The lowest BCUT2D eigenvalue weighted by molar-refractivity contribution is -0.211. The Labute approximate surface area is 188 Å². The maximum atomic E-state index is 13.3. The quantitative estimate of drug-likeness (QED) is 0.278. The first-order chi connectivity index (χ1) is 14.7. The summed E-state index contributed by atoms with van der Waals surface area (Å²) in [5.41, 5.74) is -0.783. The molecule has 0 aromatic heterocycles. The van der Waals surface area contributed by atoms with Crippen LogP contribution >= 0.6 is 11.8 Å². The molecule has 3 fully saturated rings. The minimum atomic E-state index is -1.44. The van der Waals surface area contributed by atoms with Gasteiger partial charge in [-0.15, -0.1) is 11.8 Å². The summed E-state index contributed by atoms with van der Waals surface area (Å²) in [6.45, 7) is 2.96. The normalized spacial score (nSPS) is 45.0. The van der Waals surface area contributed by atoms with Crippen molar-refractivity contribution in [1.82, 2.24) is 10.2 Å². The Bertz CT molecular complexity index is 612. The van der Waals surface area contributed by atoms with E-state index in [9.17, 15) is 30.3 Å². The number of likely N-dealkylation sites (tertiary alicyclic amines) is 1. The van der Waals surface area contributed by atoms with E-state index >= 15 is 0 Å². The zero-order valence-electron chi connectivity index (χ0n) is 18.5. The smallest absolute Gasteiger partial charge is 0.237 e. The Morgan fingerprint density at radius 2 is 1.84 bits per heavy atom. The second kappa shape index (κ2) is 10.6. The molecule has 2 aliphatic heterocycles. The van der Waals surface area contributed by atoms with Crippen molar-refractivity contribution in [3.63, 3.8) is 0 Å². The molecule has 10 heteroatoms. The van der Waals surface area contributed by atoms with E-state index in [0.29, 0.717) is 18.8 Å². The summed E-state index contributed by atoms with van der Waals surface area (Å²) in [5.74, 6) is -0.309. The van der Waals surface area contributed by atoms with Crippen molar-refractivity contribution in [2.24, 2.45) is 11.8 Å². The van der Waals surface area contributed by atoms with Crippen molar-refractivity contribution in [2.75, 3.05) is 19.8 Å². The summed E-state index contributed by atoms with van der Waals surface area (Å²) < 4.78 is 5.92. The van der Waals surface area contributed by atoms with E-state index in [1.54, 1.807) is 6.26 Å². The van der Waals surface area contributed by atoms with Crippen molar-refractivity contribution in [2.45, 2.75) is 93.2 Å². The molecule has 0 radical (unpaired) electrons. The summed E-state index contributed by atoms with van der Waals surface area (Å²) in [6, 6.07) is -1.14. The maximum absolute atomic E-state index is 13.3. The lowest BCUT2D eigenvalue weighted by Gasteiger charge is -2.45. The molecule has 0 aromatic carbocycles. The fraction of sp³-hybridized carbons (Fsp3) is 0.952. The first kappa shape index (κ1) is 25.2. The second-order valence-corrected chi connectivity index (χ2v) is 10.3. The second-order valence-electron chi connectivity index (χ2n) is 9.36. The molecule has 31 heavy (non-hydrogen) atoms. The third-order valence-electron chi connectivity index (χ3n) is 7.23. The Balaban J connectivity index is 1.81. The van der Waals surface area contributed by atoms with E-state index in [0.717, 1.165) is 25.8 Å². The van der Waals surface area contributed by atoms with Gasteiger partial charge >= 0.3 is 0 Å². The summed E-state index contributed by atoms with van der Waals surface area (Å²) in [4.78, 5) is 15.3. The summed E-state index contributed by atoms with van der Waals surface area (Å²) in [7, 11) is 1.92. The van der Waals surface area contributed by atoms with Crippen molar-refractivity contribution in [3.05, 3.63) is 0 Å². The van der Waals surface area contributed by atoms with Crippen LogP contribution in [0.5, 0.6) is 0 Å². The van der Waals surface area contributed by atoms with Gasteiger partial charge in [0.1, 0.15) is 29.9 Å². The predicted octanol–water partition coefficient (Wildman–Crippen LogP) is -1.11. The molecule has 4 unspecified atom stereocenters. The zero-order valence-corrected chi connectivity index (χ0v) is 19.3. The van der Waals surface area contributed by atoms with Gasteiger partial charge in [-0.3, -0.25) is 9.69 Å². The van der Waals surface area contributed by atoms with Gasteiger partial charge in [0.15, 0.2) is 0 Å². The van der Waals surface area contributed by atoms with Crippen molar-refractivity contribution in [3.8, 4) is 0 Å². The van der Waals surface area contributed by atoms with Crippen LogP contribution in [-0.2, 0) is 9.53 Å². The van der Waals surface area contributed by atoms with Crippen LogP contribution in [0.3, 0.4) is 0 Å². The number of carbonyl (C=O) groups is 1. The molecule has 2 heterocycles. The van der Waals surface area contributed by atoms with Gasteiger partial charge in [-0.1, -0.05) is 13.3 Å². The minimum Gasteiger partial charge on any atom is -0.390 e. The SMILES string of the molecule is CCC[C@@H]1C[C@@H](C(=O)N[C@H]([C@@H]2CCC(O)C2O)[C@H]2OC(SC)[C@H](O)[C@H](O)C2O)N(C)C1. The predicted molar refractivity (Wildman–Crippen MR) is 116 cm³/mol. The van der Waals surface area contributed by atoms with E-state index in [1.165, 1.54) is 11.8 Å². The number of likely N-dealkylation sites (N-methyl/N-ethyl adjacent to an activating group) is 1. The van der Waals surface area contributed by atoms with E-state index in [-0.39, 0.29) is 11.9 Å². The summed E-state index contributed by atoms with van der Waals surface area (Å²) >= 11 is 1.20. The van der Waals surface area contributed by atoms with Crippen LogP contribution in [0.25, 0.3) is 0 Å². The van der Waals surface area contributed by atoms with E-state index < -0.39 is 54.0 Å². The molecule has 180 valence electrons. The number of hydrogen-bond acceptors (Lipinski definition) is 9. The fourth-order valence-corrected chi connectivity index (χ4v) is 6.15. The highest BCUT2D eigenvalue weighted by Gasteiger charge is 2.52. The third-order valence-corrected chi connectivity index (χ3v) is 8.08. The lowest BCUT2D eigenvalue weighted by atomic mass is 9.85. The molecule has 6 N–H and O–H groups in total. The van der Waals surface area contributed by atoms with Crippen LogP contribution in [-0.4, -0.2) is 110 Å². The first-order valence-corrected chi connectivity index (χ1v) is 12.6. The molecule has 3 rings (SSSR count). The van der Waals surface area contributed by atoms with Crippen LogP contribution < -0.4 is 5.32 Å². The van der Waals surface area contributed by atoms with Crippen LogP contribution in [0.4, 0.5) is 0 Å². The van der Waals surface area contributed by atoms with Crippen LogP contribution in [0, 0.1) is 11.8 Å². The molecule has 1 amide bonds. The van der Waals surface area contributed by atoms with Gasteiger partial charge in [-0.05, 0) is 44.9 Å². The third kappa shape index (κ3) is 5.22. The summed E-state index contributed by atoms with van der Waals surface area (Å²) in [5, 5.41) is 54.9. The first-order valence-electron chi connectivity index (χ1n) is 11.3. The standard InChI is InChI=1S/C21H38N2O7S/c1-4-5-10-8-12(23(2)9-10)20(29)22-14(11-6-7-13(24)15(11)25)19-17(27)16(26)18(28)21(30-19)31-3/h10-19,21,24-28H,4-9H2,1-3H3,(H,22,29)/t10-,11+,12+,13?,14-,15?,16-,17?,18-,19-,21?/m1/s1. The number of aliphatic hydroxyl groups excluding tert-OH is 5. The molecule has 0 bridgehead atoms. The van der Waals surface area contributed by atoms with Crippen molar-refractivity contribution >= 4 is 17.7 Å². The van der Waals surface area contributed by atoms with E-state index in [2.05, 4.69) is 12.2 Å². The molecule has 2 saturated heterocycles. The number of hydrogen-bond donors (Lipinski definition) is 6. The molecule has 9 nitrogen and oxygen atoms in total. The number of amides is 1. The van der Waals surface area contributed by atoms with Gasteiger partial charge in [0.05, 0.1) is 24.3 Å².